The molecule has 1 atom stereocenters. The molecule has 0 saturated heterocycles. The summed E-state index contributed by atoms with van der Waals surface area (Å²) in [4.78, 5) is 27.8. The minimum absolute atomic E-state index is 0.268. The summed E-state index contributed by atoms with van der Waals surface area (Å²) in [6, 6.07) is 13.6. The number of fused-ring (bicyclic) bond motifs is 1. The van der Waals surface area contributed by atoms with E-state index in [9.17, 15) is 18.0 Å². The minimum Gasteiger partial charge on any atom is -0.486 e. The molecule has 9 nitrogen and oxygen atoms in total. The predicted molar refractivity (Wildman–Crippen MR) is 139 cm³/mol. The largest absolute Gasteiger partial charge is 0.486 e. The summed E-state index contributed by atoms with van der Waals surface area (Å²) >= 11 is 0. The lowest BCUT2D eigenvalue weighted by Crippen LogP contribution is -2.52. The van der Waals surface area contributed by atoms with Crippen molar-refractivity contribution in [2.45, 2.75) is 39.2 Å². The maximum absolute atomic E-state index is 13.5. The molecule has 0 fully saturated rings. The summed E-state index contributed by atoms with van der Waals surface area (Å²) in [6.07, 6.45) is 3.35. The van der Waals surface area contributed by atoms with E-state index in [0.717, 1.165) is 29.0 Å². The zero-order chi connectivity index (χ0) is 26.1. The van der Waals surface area contributed by atoms with Gasteiger partial charge < -0.3 is 19.7 Å². The van der Waals surface area contributed by atoms with Crippen molar-refractivity contribution in [2.24, 2.45) is 0 Å². The Bertz CT molecular complexity index is 1140. The van der Waals surface area contributed by atoms with Gasteiger partial charge in [0.05, 0.1) is 11.9 Å². The highest BCUT2D eigenvalue weighted by Gasteiger charge is 2.30. The van der Waals surface area contributed by atoms with Crippen LogP contribution in [-0.2, 0) is 26.0 Å². The van der Waals surface area contributed by atoms with Gasteiger partial charge in [-0.2, -0.15) is 0 Å². The van der Waals surface area contributed by atoms with E-state index >= 15 is 0 Å². The lowest BCUT2D eigenvalue weighted by atomic mass is 10.1. The molecule has 2 amide bonds. The molecule has 36 heavy (non-hydrogen) atoms. The van der Waals surface area contributed by atoms with Crippen LogP contribution in [0.3, 0.4) is 0 Å². The minimum atomic E-state index is -3.81. The lowest BCUT2D eigenvalue weighted by Gasteiger charge is -2.31. The standard InChI is InChI=1S/C26H35N3O6S/c1-4-5-14-27-26(31)20(2)28(15-13-21-9-7-6-8-10-21)25(30)19-29(36(3,32)33)22-11-12-23-24(18-22)35-17-16-34-23/h6-12,18,20H,4-5,13-17,19H2,1-3H3,(H,27,31)/t20-/m0/s1. The van der Waals surface area contributed by atoms with Gasteiger partial charge in [-0.1, -0.05) is 43.7 Å². The van der Waals surface area contributed by atoms with Crippen LogP contribution < -0.4 is 19.1 Å². The summed E-state index contributed by atoms with van der Waals surface area (Å²) < 4.78 is 37.6. The highest BCUT2D eigenvalue weighted by Crippen LogP contribution is 2.34. The number of hydrogen-bond acceptors (Lipinski definition) is 6. The zero-order valence-electron chi connectivity index (χ0n) is 21.1. The first-order valence-corrected chi connectivity index (χ1v) is 14.0. The Morgan fingerprint density at radius 3 is 2.42 bits per heavy atom. The molecule has 0 saturated carbocycles. The van der Waals surface area contributed by atoms with Crippen LogP contribution in [-0.4, -0.2) is 70.3 Å². The van der Waals surface area contributed by atoms with Crippen LogP contribution in [0.5, 0.6) is 11.5 Å². The molecule has 1 aliphatic heterocycles. The van der Waals surface area contributed by atoms with Crippen LogP contribution >= 0.6 is 0 Å². The van der Waals surface area contributed by atoms with Crippen molar-refractivity contribution in [3.05, 3.63) is 54.1 Å². The van der Waals surface area contributed by atoms with Crippen LogP contribution in [0.2, 0.25) is 0 Å². The van der Waals surface area contributed by atoms with E-state index in [4.69, 9.17) is 9.47 Å². The fourth-order valence-corrected chi connectivity index (χ4v) is 4.75. The van der Waals surface area contributed by atoms with Crippen molar-refractivity contribution in [3.8, 4) is 11.5 Å². The van der Waals surface area contributed by atoms with Crippen molar-refractivity contribution in [2.75, 3.05) is 43.4 Å². The molecule has 2 aromatic carbocycles. The second-order valence-corrected chi connectivity index (χ2v) is 10.6. The smallest absolute Gasteiger partial charge is 0.244 e. The first-order chi connectivity index (χ1) is 17.2. The highest BCUT2D eigenvalue weighted by molar-refractivity contribution is 7.92. The molecule has 0 aliphatic carbocycles. The molecule has 0 unspecified atom stereocenters. The summed E-state index contributed by atoms with van der Waals surface area (Å²) in [7, 11) is -3.81. The summed E-state index contributed by atoms with van der Waals surface area (Å²) in [5.41, 5.74) is 1.30. The number of anilines is 1. The molecule has 1 heterocycles. The van der Waals surface area contributed by atoms with E-state index in [2.05, 4.69) is 5.32 Å². The number of amides is 2. The monoisotopic (exact) mass is 517 g/mol. The summed E-state index contributed by atoms with van der Waals surface area (Å²) in [5.74, 6) is 0.204. The van der Waals surface area contributed by atoms with Gasteiger partial charge in [0.2, 0.25) is 21.8 Å². The summed E-state index contributed by atoms with van der Waals surface area (Å²) in [5, 5.41) is 2.87. The SMILES string of the molecule is CCCCNC(=O)[C@H](C)N(CCc1ccccc1)C(=O)CN(c1ccc2c(c1)OCCO2)S(C)(=O)=O. The van der Waals surface area contributed by atoms with Crippen molar-refractivity contribution in [1.29, 1.82) is 0 Å². The first kappa shape index (κ1) is 27.3. The molecule has 0 aromatic heterocycles. The lowest BCUT2D eigenvalue weighted by molar-refractivity contribution is -0.138. The number of ether oxygens (including phenoxy) is 2. The first-order valence-electron chi connectivity index (χ1n) is 12.2. The number of benzene rings is 2. The van der Waals surface area contributed by atoms with Crippen molar-refractivity contribution in [3.63, 3.8) is 0 Å². The van der Waals surface area contributed by atoms with E-state index in [1.54, 1.807) is 25.1 Å². The van der Waals surface area contributed by atoms with Gasteiger partial charge in [-0.25, -0.2) is 8.42 Å². The maximum Gasteiger partial charge on any atom is 0.244 e. The fourth-order valence-electron chi connectivity index (χ4n) is 3.91. The Labute approximate surface area is 213 Å². The second kappa shape index (κ2) is 12.6. The Balaban J connectivity index is 1.83. The molecule has 0 spiro atoms. The molecule has 10 heteroatoms. The highest BCUT2D eigenvalue weighted by atomic mass is 32.2. The third kappa shape index (κ3) is 7.36. The number of sulfonamides is 1. The van der Waals surface area contributed by atoms with Gasteiger partial charge in [-0.05, 0) is 37.5 Å². The number of rotatable bonds is 12. The molecule has 3 rings (SSSR count). The topological polar surface area (TPSA) is 105 Å². The van der Waals surface area contributed by atoms with Gasteiger partial charge in [0.15, 0.2) is 11.5 Å². The number of nitrogens with zero attached hydrogens (tertiary/aromatic N) is 2. The zero-order valence-corrected chi connectivity index (χ0v) is 21.9. The molecule has 0 bridgehead atoms. The molecular weight excluding hydrogens is 482 g/mol. The van der Waals surface area contributed by atoms with Crippen LogP contribution in [0.15, 0.2) is 48.5 Å². The van der Waals surface area contributed by atoms with Gasteiger partial charge >= 0.3 is 0 Å². The molecule has 1 aliphatic rings. The van der Waals surface area contributed by atoms with Crippen LogP contribution in [0.1, 0.15) is 32.3 Å². The van der Waals surface area contributed by atoms with Gasteiger partial charge in [-0.3, -0.25) is 13.9 Å². The van der Waals surface area contributed by atoms with Crippen LogP contribution in [0, 0.1) is 0 Å². The Morgan fingerprint density at radius 2 is 1.75 bits per heavy atom. The summed E-state index contributed by atoms with van der Waals surface area (Å²) in [6.45, 7) is 4.81. The Kier molecular flexibility index (Phi) is 9.58. The third-order valence-corrected chi connectivity index (χ3v) is 7.11. The predicted octanol–water partition coefficient (Wildman–Crippen LogP) is 2.60. The van der Waals surface area contributed by atoms with E-state index in [0.29, 0.717) is 37.7 Å². The molecule has 0 radical (unpaired) electrons. The third-order valence-electron chi connectivity index (χ3n) is 5.97. The second-order valence-electron chi connectivity index (χ2n) is 8.74. The molecule has 2 aromatic rings. The molecule has 196 valence electrons. The Hall–Kier alpha value is -3.27. The van der Waals surface area contributed by atoms with Gasteiger partial charge in [0.25, 0.3) is 0 Å². The van der Waals surface area contributed by atoms with Crippen LogP contribution in [0.25, 0.3) is 0 Å². The van der Waals surface area contributed by atoms with Crippen molar-refractivity contribution < 1.29 is 27.5 Å². The molecular formula is C26H35N3O6S. The Morgan fingerprint density at radius 1 is 1.06 bits per heavy atom. The number of carbonyl (C=O) groups is 2. The van der Waals surface area contributed by atoms with Crippen molar-refractivity contribution >= 4 is 27.5 Å². The number of hydrogen-bond donors (Lipinski definition) is 1. The van der Waals surface area contributed by atoms with Gasteiger partial charge in [-0.15, -0.1) is 0 Å². The average Bonchev–Trinajstić information content (AvgIpc) is 2.87. The number of nitrogens with one attached hydrogen (secondary N) is 1. The number of unbranched alkanes of at least 4 members (excludes halogenated alkanes) is 1. The quantitative estimate of drug-likeness (QED) is 0.434. The fraction of sp³-hybridized carbons (Fsp3) is 0.462. The average molecular weight is 518 g/mol. The van der Waals surface area contributed by atoms with Crippen molar-refractivity contribution in [1.82, 2.24) is 10.2 Å². The number of carbonyl (C=O) groups excluding carboxylic acids is 2. The van der Waals surface area contributed by atoms with E-state index in [1.807, 2.05) is 37.3 Å². The van der Waals surface area contributed by atoms with E-state index in [-0.39, 0.29) is 18.1 Å². The van der Waals surface area contributed by atoms with Gasteiger partial charge in [0, 0.05) is 19.2 Å². The maximum atomic E-state index is 13.5. The van der Waals surface area contributed by atoms with E-state index < -0.39 is 28.5 Å². The van der Waals surface area contributed by atoms with E-state index in [1.165, 1.54) is 4.90 Å². The normalized spacial score (nSPS) is 13.5. The van der Waals surface area contributed by atoms with Gasteiger partial charge in [0.1, 0.15) is 25.8 Å². The molecule has 1 N–H and O–H groups in total. The van der Waals surface area contributed by atoms with Crippen LogP contribution in [0.4, 0.5) is 5.69 Å².